The molecule has 11 heteroatoms. The fraction of sp³-hybridized carbons (Fsp3) is 0.543. The number of hydrogen-bond acceptors (Lipinski definition) is 9. The van der Waals surface area contributed by atoms with Gasteiger partial charge in [0, 0.05) is 40.4 Å². The lowest BCUT2D eigenvalue weighted by molar-refractivity contribution is -0.144. The average Bonchev–Trinajstić information content (AvgIpc) is 3.65. The molecule has 0 spiro atoms. The lowest BCUT2D eigenvalue weighted by Gasteiger charge is -2.41. The number of fused-ring (bicyclic) bond motifs is 1. The van der Waals surface area contributed by atoms with Crippen molar-refractivity contribution in [2.45, 2.75) is 82.6 Å². The van der Waals surface area contributed by atoms with Gasteiger partial charge in [0.1, 0.15) is 11.6 Å². The lowest BCUT2D eigenvalue weighted by Crippen LogP contribution is -2.63. The van der Waals surface area contributed by atoms with Crippen molar-refractivity contribution >= 4 is 39.3 Å². The summed E-state index contributed by atoms with van der Waals surface area (Å²) in [6.07, 6.45) is 9.76. The summed E-state index contributed by atoms with van der Waals surface area (Å²) in [6.45, 7) is 9.06. The molecule has 46 heavy (non-hydrogen) atoms. The first-order valence-corrected chi connectivity index (χ1v) is 17.5. The van der Waals surface area contributed by atoms with Crippen LogP contribution in [-0.4, -0.2) is 94.4 Å². The molecule has 2 saturated heterocycles. The molecule has 3 aromatic rings. The van der Waals surface area contributed by atoms with Gasteiger partial charge < -0.3 is 30.5 Å². The van der Waals surface area contributed by atoms with Crippen LogP contribution in [0.25, 0.3) is 10.1 Å². The van der Waals surface area contributed by atoms with Crippen molar-refractivity contribution < 1.29 is 14.3 Å². The highest BCUT2D eigenvalue weighted by Crippen LogP contribution is 2.38. The highest BCUT2D eigenvalue weighted by atomic mass is 32.1. The van der Waals surface area contributed by atoms with E-state index in [-0.39, 0.29) is 24.5 Å². The Labute approximate surface area is 276 Å². The number of hydrogen-bond donors (Lipinski definition) is 2. The first-order valence-electron chi connectivity index (χ1n) is 16.7. The minimum absolute atomic E-state index is 0.164. The van der Waals surface area contributed by atoms with Gasteiger partial charge in [-0.05, 0) is 76.9 Å². The van der Waals surface area contributed by atoms with Gasteiger partial charge in [0.05, 0.1) is 19.1 Å². The Morgan fingerprint density at radius 2 is 1.89 bits per heavy atom. The van der Waals surface area contributed by atoms with E-state index in [4.69, 9.17) is 15.5 Å². The average molecular weight is 646 g/mol. The number of benzene rings is 1. The second kappa shape index (κ2) is 14.5. The molecule has 6 rings (SSSR count). The van der Waals surface area contributed by atoms with Crippen LogP contribution < -0.4 is 11.1 Å². The number of aliphatic imine (C=N–C) groups is 1. The van der Waals surface area contributed by atoms with Crippen molar-refractivity contribution in [3.05, 3.63) is 65.3 Å². The number of carbonyl (C=O) groups excluding carboxylic acids is 2. The number of thiophene rings is 1. The molecule has 2 aromatic heterocycles. The van der Waals surface area contributed by atoms with Crippen molar-refractivity contribution in [2.24, 2.45) is 10.7 Å². The Balaban J connectivity index is 1.12. The maximum atomic E-state index is 13.9. The van der Waals surface area contributed by atoms with Gasteiger partial charge in [-0.15, -0.1) is 11.3 Å². The molecule has 3 N–H and O–H groups in total. The molecule has 0 saturated carbocycles. The predicted molar refractivity (Wildman–Crippen MR) is 182 cm³/mol. The molecule has 0 radical (unpaired) electrons. The van der Waals surface area contributed by atoms with Crippen LogP contribution in [0.3, 0.4) is 0 Å². The molecule has 2 amide bonds. The zero-order valence-corrected chi connectivity index (χ0v) is 27.9. The number of nitrogens with zero attached hydrogens (tertiary/aromatic N) is 5. The zero-order valence-electron chi connectivity index (χ0n) is 27.1. The summed E-state index contributed by atoms with van der Waals surface area (Å²) in [4.78, 5) is 44.1. The van der Waals surface area contributed by atoms with Gasteiger partial charge in [-0.25, -0.2) is 4.99 Å². The molecule has 2 unspecified atom stereocenters. The van der Waals surface area contributed by atoms with Crippen molar-refractivity contribution in [2.75, 3.05) is 39.3 Å². The van der Waals surface area contributed by atoms with Crippen LogP contribution >= 0.6 is 11.3 Å². The third kappa shape index (κ3) is 7.53. The molecule has 3 atom stereocenters. The normalized spacial score (nSPS) is 22.4. The summed E-state index contributed by atoms with van der Waals surface area (Å²) in [6, 6.07) is 13.3. The maximum Gasteiger partial charge on any atom is 0.288 e. The van der Waals surface area contributed by atoms with Crippen molar-refractivity contribution in [1.29, 1.82) is 0 Å². The number of amides is 2. The van der Waals surface area contributed by atoms with Gasteiger partial charge in [0.25, 0.3) is 6.02 Å². The molecule has 246 valence electrons. The van der Waals surface area contributed by atoms with Crippen LogP contribution in [0.1, 0.15) is 68.9 Å². The van der Waals surface area contributed by atoms with Crippen LogP contribution in [0, 0.1) is 0 Å². The topological polar surface area (TPSA) is 116 Å². The fourth-order valence-electron chi connectivity index (χ4n) is 6.81. The second-order valence-corrected chi connectivity index (χ2v) is 14.5. The van der Waals surface area contributed by atoms with E-state index in [2.05, 4.69) is 47.2 Å². The van der Waals surface area contributed by atoms with Gasteiger partial charge >= 0.3 is 0 Å². The lowest BCUT2D eigenvalue weighted by atomic mass is 9.93. The number of nitrogens with one attached hydrogen (secondary N) is 1. The predicted octanol–water partition coefficient (Wildman–Crippen LogP) is 4.31. The van der Waals surface area contributed by atoms with E-state index in [1.165, 1.54) is 32.4 Å². The Bertz CT molecular complexity index is 1490. The van der Waals surface area contributed by atoms with E-state index in [0.29, 0.717) is 32.1 Å². The van der Waals surface area contributed by atoms with E-state index in [1.54, 1.807) is 22.4 Å². The molecule has 0 bridgehead atoms. The maximum absolute atomic E-state index is 13.9. The van der Waals surface area contributed by atoms with E-state index in [1.807, 2.05) is 35.4 Å². The molecular formula is C35H47N7O3S. The number of unbranched alkanes of at least 4 members (excludes halogenated alkanes) is 1. The second-order valence-electron chi connectivity index (χ2n) is 13.3. The monoisotopic (exact) mass is 645 g/mol. The number of piperidine rings is 1. The summed E-state index contributed by atoms with van der Waals surface area (Å²) >= 11 is 1.63. The summed E-state index contributed by atoms with van der Waals surface area (Å²) in [5.41, 5.74) is 7.09. The van der Waals surface area contributed by atoms with E-state index in [0.717, 1.165) is 39.9 Å². The molecule has 5 heterocycles. The highest BCUT2D eigenvalue weighted by molar-refractivity contribution is 7.19. The summed E-state index contributed by atoms with van der Waals surface area (Å²) in [7, 11) is 0. The molecule has 1 aromatic carbocycles. The fourth-order valence-corrected chi connectivity index (χ4v) is 7.78. The Hall–Kier alpha value is -3.54. The van der Waals surface area contributed by atoms with Gasteiger partial charge in [-0.2, -0.15) is 0 Å². The highest BCUT2D eigenvalue weighted by Gasteiger charge is 2.44. The van der Waals surface area contributed by atoms with Gasteiger partial charge in [-0.3, -0.25) is 14.6 Å². The number of likely N-dealkylation sites (tertiary alicyclic amines) is 1. The minimum Gasteiger partial charge on any atom is -0.454 e. The molecule has 2 fully saturated rings. The van der Waals surface area contributed by atoms with Crippen LogP contribution in [0.4, 0.5) is 0 Å². The summed E-state index contributed by atoms with van der Waals surface area (Å²) in [5.74, 6) is -0.370. The third-order valence-corrected chi connectivity index (χ3v) is 10.5. The van der Waals surface area contributed by atoms with Crippen LogP contribution in [0.15, 0.2) is 59.9 Å². The molecule has 0 aliphatic carbocycles. The van der Waals surface area contributed by atoms with E-state index >= 15 is 0 Å². The van der Waals surface area contributed by atoms with Crippen LogP contribution in [-0.2, 0) is 20.9 Å². The van der Waals surface area contributed by atoms with E-state index < -0.39 is 17.6 Å². The van der Waals surface area contributed by atoms with Crippen molar-refractivity contribution in [1.82, 2.24) is 25.0 Å². The number of carbonyl (C=O) groups is 2. The molecule has 3 aliphatic rings. The number of pyridine rings is 1. The molecular weight excluding hydrogens is 598 g/mol. The van der Waals surface area contributed by atoms with Crippen molar-refractivity contribution in [3.63, 3.8) is 0 Å². The van der Waals surface area contributed by atoms with Gasteiger partial charge in [-0.1, -0.05) is 43.2 Å². The number of amidine groups is 1. The van der Waals surface area contributed by atoms with Crippen LogP contribution in [0.2, 0.25) is 0 Å². The first-order chi connectivity index (χ1) is 22.3. The van der Waals surface area contributed by atoms with Crippen LogP contribution in [0.5, 0.6) is 0 Å². The number of nitrogens with two attached hydrogens (primary N) is 1. The standard InChI is InChI=1S/C35H47N7O3S/c1-35(2)31(25-11-5-3-6-12-25)45-34(39-35)41-19-20-42(33(44)28(36)13-7-10-18-40-16-8-4-9-17-40)29(24-41)32(43)38-23-27-21-26-22-37-15-14-30(26)46-27/h3,5-6,11-12,14-15,21-22,28-29,31H,4,7-10,13,16-20,23-24,36H2,1-2H3,(H,38,43)/t28?,29-,31?/m0/s1. The van der Waals surface area contributed by atoms with E-state index in [9.17, 15) is 9.59 Å². The number of piperazine rings is 1. The zero-order chi connectivity index (χ0) is 32.1. The Kier molecular flexibility index (Phi) is 10.2. The quantitative estimate of drug-likeness (QED) is 0.316. The Morgan fingerprint density at radius 3 is 2.67 bits per heavy atom. The summed E-state index contributed by atoms with van der Waals surface area (Å²) in [5, 5.41) is 4.16. The molecule has 10 nitrogen and oxygen atoms in total. The van der Waals surface area contributed by atoms with Gasteiger partial charge in [0.15, 0.2) is 6.10 Å². The third-order valence-electron chi connectivity index (χ3n) is 9.40. The number of aromatic nitrogens is 1. The first kappa shape index (κ1) is 32.4. The SMILES string of the molecule is CC1(C)N=C(N2CCN(C(=O)C(N)CCCCN3CCCCC3)[C@H](C(=O)NCc3cc4cnccc4s3)C2)OC1c1ccccc1. The molecule has 3 aliphatic heterocycles. The minimum atomic E-state index is -0.720. The number of rotatable bonds is 10. The number of ether oxygens (including phenoxy) is 1. The smallest absolute Gasteiger partial charge is 0.288 e. The largest absolute Gasteiger partial charge is 0.454 e. The summed E-state index contributed by atoms with van der Waals surface area (Å²) < 4.78 is 7.58. The van der Waals surface area contributed by atoms with Gasteiger partial charge in [0.2, 0.25) is 11.8 Å². The van der Waals surface area contributed by atoms with Crippen molar-refractivity contribution in [3.8, 4) is 0 Å². The Morgan fingerprint density at radius 1 is 1.09 bits per heavy atom.